The molecule has 0 radical (unpaired) electrons. The number of ether oxygens (including phenoxy) is 6. The SMILES string of the molecule is CCCCCCCCCCCCCC(=O)O[C@@]1(CO)O[C@H](OC2[C@@H](CO)O[C@@H](OC3[C@@H](CO)O[C@@H](O)[C@H](N)[C@H]3O)[C@H](N)[C@H]2O)[C@H](N)[C@@H](O)[C@@H]1O. The Morgan fingerprint density at radius 1 is 0.660 bits per heavy atom. The van der Waals surface area contributed by atoms with Gasteiger partial charge in [0.05, 0.1) is 31.3 Å². The van der Waals surface area contributed by atoms with E-state index in [0.29, 0.717) is 6.42 Å². The number of esters is 1. The largest absolute Gasteiger partial charge is 0.427 e. The fraction of sp³-hybridized carbons (Fsp3) is 0.969. The van der Waals surface area contributed by atoms with Gasteiger partial charge in [0.2, 0.25) is 0 Å². The Morgan fingerprint density at radius 3 is 1.68 bits per heavy atom. The van der Waals surface area contributed by atoms with Crippen molar-refractivity contribution in [2.75, 3.05) is 19.8 Å². The van der Waals surface area contributed by atoms with E-state index in [2.05, 4.69) is 6.92 Å². The smallest absolute Gasteiger partial charge is 0.308 e. The first-order chi connectivity index (χ1) is 23.8. The van der Waals surface area contributed by atoms with Gasteiger partial charge < -0.3 is 86.5 Å². The normalized spacial score (nSPS) is 40.9. The molecule has 0 bridgehead atoms. The molecular weight excluding hydrogens is 666 g/mol. The number of unbranched alkanes of at least 4 members (excludes halogenated alkanes) is 10. The Bertz CT molecular complexity index is 985. The van der Waals surface area contributed by atoms with E-state index in [9.17, 15) is 45.6 Å². The van der Waals surface area contributed by atoms with Crippen LogP contribution in [0, 0.1) is 0 Å². The van der Waals surface area contributed by atoms with E-state index in [-0.39, 0.29) is 6.42 Å². The Balaban J connectivity index is 1.58. The van der Waals surface area contributed by atoms with E-state index in [4.69, 9.17) is 45.6 Å². The summed E-state index contributed by atoms with van der Waals surface area (Å²) in [7, 11) is 0. The molecule has 3 fully saturated rings. The Kier molecular flexibility index (Phi) is 18.1. The van der Waals surface area contributed by atoms with Crippen LogP contribution in [0.25, 0.3) is 0 Å². The van der Waals surface area contributed by atoms with Crippen LogP contribution in [0.5, 0.6) is 0 Å². The summed E-state index contributed by atoms with van der Waals surface area (Å²) in [4.78, 5) is 12.8. The molecule has 3 aliphatic heterocycles. The first-order valence-electron chi connectivity index (χ1n) is 17.9. The molecule has 3 rings (SSSR count). The second kappa shape index (κ2) is 20.9. The number of hydrogen-bond acceptors (Lipinski definition) is 18. The van der Waals surface area contributed by atoms with Crippen LogP contribution in [-0.4, -0.2) is 158 Å². The quantitative estimate of drug-likeness (QED) is 0.0437. The summed E-state index contributed by atoms with van der Waals surface area (Å²) in [6.07, 6.45) is -5.65. The van der Waals surface area contributed by atoms with Crippen LogP contribution in [0.2, 0.25) is 0 Å². The van der Waals surface area contributed by atoms with Gasteiger partial charge in [0.15, 0.2) is 18.9 Å². The Hall–Kier alpha value is -1.17. The summed E-state index contributed by atoms with van der Waals surface area (Å²) >= 11 is 0. The zero-order chi connectivity index (χ0) is 37.0. The average Bonchev–Trinajstić information content (AvgIpc) is 3.11. The van der Waals surface area contributed by atoms with Crippen molar-refractivity contribution in [3.8, 4) is 0 Å². The van der Waals surface area contributed by atoms with Crippen LogP contribution in [0.15, 0.2) is 0 Å². The van der Waals surface area contributed by atoms with Crippen LogP contribution in [0.3, 0.4) is 0 Å². The molecule has 14 N–H and O–H groups in total. The highest BCUT2D eigenvalue weighted by molar-refractivity contribution is 5.69. The molecule has 3 saturated heterocycles. The van der Waals surface area contributed by atoms with Crippen LogP contribution in [0.1, 0.15) is 84.0 Å². The minimum atomic E-state index is -2.47. The average molecular weight is 728 g/mol. The Labute approximate surface area is 292 Å². The zero-order valence-corrected chi connectivity index (χ0v) is 28.9. The predicted molar refractivity (Wildman–Crippen MR) is 173 cm³/mol. The number of carbonyl (C=O) groups is 1. The number of aliphatic hydroxyl groups is 8. The standard InChI is InChI=1S/C32H61N3O15/c1-2-3-4-5-6-7-8-9-10-11-12-13-19(39)49-32(16-38)28(43)25(42)22(35)31(50-32)48-27-18(15-37)46-30(21(34)24(27)41)47-26-17(14-36)45-29(44)20(33)23(26)40/h17-18,20-31,36-38,40-44H,2-16,33-35H2,1H3/t17-,18-,20-,21-,22-,23-,24-,25-,26?,27?,28+,29-,30+,31+,32+/m1/s1. The van der Waals surface area contributed by atoms with Crippen molar-refractivity contribution in [3.63, 3.8) is 0 Å². The molecule has 3 aliphatic rings. The number of carbonyl (C=O) groups excluding carboxylic acids is 1. The highest BCUT2D eigenvalue weighted by Gasteiger charge is 2.58. The van der Waals surface area contributed by atoms with Crippen molar-refractivity contribution in [2.45, 2.75) is 176 Å². The predicted octanol–water partition coefficient (Wildman–Crippen LogP) is -3.10. The topological polar surface area (TPSA) is 312 Å². The lowest BCUT2D eigenvalue weighted by atomic mass is 9.93. The number of nitrogens with two attached hydrogens (primary N) is 3. The highest BCUT2D eigenvalue weighted by Crippen LogP contribution is 2.35. The zero-order valence-electron chi connectivity index (χ0n) is 28.9. The van der Waals surface area contributed by atoms with Gasteiger partial charge in [0.25, 0.3) is 5.79 Å². The lowest BCUT2D eigenvalue weighted by Gasteiger charge is -2.50. The van der Waals surface area contributed by atoms with Gasteiger partial charge in [-0.3, -0.25) is 4.79 Å². The van der Waals surface area contributed by atoms with Gasteiger partial charge >= 0.3 is 5.97 Å². The molecule has 0 aromatic carbocycles. The maximum atomic E-state index is 12.8. The van der Waals surface area contributed by atoms with E-state index in [1.54, 1.807) is 0 Å². The monoisotopic (exact) mass is 727 g/mol. The van der Waals surface area contributed by atoms with Crippen molar-refractivity contribution in [1.82, 2.24) is 0 Å². The van der Waals surface area contributed by atoms with Crippen molar-refractivity contribution < 1.29 is 74.1 Å². The van der Waals surface area contributed by atoms with Gasteiger partial charge in [-0.15, -0.1) is 0 Å². The lowest BCUT2D eigenvalue weighted by molar-refractivity contribution is -0.399. The number of hydrogen-bond donors (Lipinski definition) is 11. The van der Waals surface area contributed by atoms with Crippen molar-refractivity contribution in [3.05, 3.63) is 0 Å². The van der Waals surface area contributed by atoms with Gasteiger partial charge in [-0.25, -0.2) is 0 Å². The lowest BCUT2D eigenvalue weighted by Crippen LogP contribution is -2.72. The summed E-state index contributed by atoms with van der Waals surface area (Å²) in [5, 5.41) is 83.2. The fourth-order valence-corrected chi connectivity index (χ4v) is 6.48. The maximum Gasteiger partial charge on any atom is 0.308 e. The second-order valence-corrected chi connectivity index (χ2v) is 13.5. The van der Waals surface area contributed by atoms with Crippen LogP contribution in [-0.2, 0) is 33.2 Å². The summed E-state index contributed by atoms with van der Waals surface area (Å²) in [6.45, 7) is -0.368. The molecule has 18 nitrogen and oxygen atoms in total. The maximum absolute atomic E-state index is 12.8. The van der Waals surface area contributed by atoms with E-state index in [0.717, 1.165) is 25.7 Å². The van der Waals surface area contributed by atoms with Crippen molar-refractivity contribution in [2.24, 2.45) is 17.2 Å². The highest BCUT2D eigenvalue weighted by atomic mass is 16.8. The molecule has 50 heavy (non-hydrogen) atoms. The van der Waals surface area contributed by atoms with Crippen LogP contribution in [0.4, 0.5) is 0 Å². The van der Waals surface area contributed by atoms with Gasteiger partial charge in [0.1, 0.15) is 55.4 Å². The molecule has 0 spiro atoms. The van der Waals surface area contributed by atoms with Crippen molar-refractivity contribution in [1.29, 1.82) is 0 Å². The fourth-order valence-electron chi connectivity index (χ4n) is 6.48. The van der Waals surface area contributed by atoms with Gasteiger partial charge in [-0.1, -0.05) is 71.1 Å². The van der Waals surface area contributed by atoms with Crippen LogP contribution < -0.4 is 17.2 Å². The molecule has 3 heterocycles. The van der Waals surface area contributed by atoms with Gasteiger partial charge in [-0.05, 0) is 6.42 Å². The van der Waals surface area contributed by atoms with E-state index in [1.807, 2.05) is 0 Å². The van der Waals surface area contributed by atoms with E-state index < -0.39 is 117 Å². The molecule has 0 aliphatic carbocycles. The Morgan fingerprint density at radius 2 is 1.14 bits per heavy atom. The molecular formula is C32H61N3O15. The third-order valence-electron chi connectivity index (χ3n) is 9.69. The van der Waals surface area contributed by atoms with Crippen molar-refractivity contribution >= 4 is 5.97 Å². The van der Waals surface area contributed by atoms with Gasteiger partial charge in [-0.2, -0.15) is 0 Å². The molecule has 0 aromatic heterocycles. The first kappa shape index (κ1) is 43.2. The molecule has 294 valence electrons. The molecule has 18 heteroatoms. The molecule has 0 amide bonds. The third-order valence-corrected chi connectivity index (χ3v) is 9.69. The van der Waals surface area contributed by atoms with Gasteiger partial charge in [0, 0.05) is 6.42 Å². The van der Waals surface area contributed by atoms with E-state index in [1.165, 1.54) is 38.5 Å². The number of rotatable bonds is 20. The summed E-state index contributed by atoms with van der Waals surface area (Å²) in [6, 6.07) is -4.25. The first-order valence-corrected chi connectivity index (χ1v) is 17.9. The van der Waals surface area contributed by atoms with E-state index >= 15 is 0 Å². The molecule has 2 unspecified atom stereocenters. The second-order valence-electron chi connectivity index (χ2n) is 13.5. The summed E-state index contributed by atoms with van der Waals surface area (Å²) < 4.78 is 33.6. The molecule has 0 saturated carbocycles. The third kappa shape index (κ3) is 10.9. The molecule has 0 aromatic rings. The minimum Gasteiger partial charge on any atom is -0.427 e. The minimum absolute atomic E-state index is 0.0394. The summed E-state index contributed by atoms with van der Waals surface area (Å²) in [5.41, 5.74) is 18.0. The number of aliphatic hydroxyl groups excluding tert-OH is 8. The summed E-state index contributed by atoms with van der Waals surface area (Å²) in [5.74, 6) is -3.27. The molecule has 15 atom stereocenters. The van der Waals surface area contributed by atoms with Crippen LogP contribution >= 0.6 is 0 Å².